The van der Waals surface area contributed by atoms with Gasteiger partial charge in [-0.15, -0.1) is 0 Å². The average Bonchev–Trinajstić information content (AvgIpc) is 3.58. The van der Waals surface area contributed by atoms with Crippen LogP contribution in [0.3, 0.4) is 0 Å². The number of benzene rings is 1. The predicted molar refractivity (Wildman–Crippen MR) is 125 cm³/mol. The molecule has 3 aromatic heterocycles. The van der Waals surface area contributed by atoms with Gasteiger partial charge in [-0.3, -0.25) is 4.68 Å². The largest absolute Gasteiger partial charge is 0.375 e. The van der Waals surface area contributed by atoms with Crippen LogP contribution < -0.4 is 11.1 Å². The number of piperidine rings is 1. The highest BCUT2D eigenvalue weighted by molar-refractivity contribution is 7.22. The molecule has 1 saturated heterocycles. The second-order valence-corrected chi connectivity index (χ2v) is 11.0. The van der Waals surface area contributed by atoms with Gasteiger partial charge in [0.1, 0.15) is 17.0 Å². The average molecular weight is 467 g/mol. The molecule has 33 heavy (non-hydrogen) atoms. The smallest absolute Gasteiger partial charge is 0.181 e. The molecule has 6 nitrogen and oxygen atoms in total. The minimum atomic E-state index is -0.410. The number of thiazole rings is 1. The van der Waals surface area contributed by atoms with Crippen molar-refractivity contribution < 1.29 is 8.78 Å². The van der Waals surface area contributed by atoms with E-state index in [9.17, 15) is 4.39 Å². The summed E-state index contributed by atoms with van der Waals surface area (Å²) in [6.07, 6.45) is 2.01. The Labute approximate surface area is 193 Å². The Bertz CT molecular complexity index is 1440. The highest BCUT2D eigenvalue weighted by Crippen LogP contribution is 2.58. The van der Waals surface area contributed by atoms with E-state index in [1.807, 2.05) is 4.68 Å². The van der Waals surface area contributed by atoms with Gasteiger partial charge in [0.15, 0.2) is 10.9 Å². The zero-order chi connectivity index (χ0) is 22.6. The minimum absolute atomic E-state index is 0.0793. The van der Waals surface area contributed by atoms with Crippen LogP contribution in [0, 0.1) is 23.5 Å². The summed E-state index contributed by atoms with van der Waals surface area (Å²) in [6.45, 7) is 6.16. The fourth-order valence-electron chi connectivity index (χ4n) is 5.67. The minimum Gasteiger partial charge on any atom is -0.375 e. The van der Waals surface area contributed by atoms with Crippen molar-refractivity contribution in [3.05, 3.63) is 35.2 Å². The number of nitrogens with one attached hydrogen (secondary N) is 1. The van der Waals surface area contributed by atoms with E-state index in [2.05, 4.69) is 24.1 Å². The summed E-state index contributed by atoms with van der Waals surface area (Å²) in [6, 6.07) is 3.14. The molecule has 2 aliphatic carbocycles. The number of nitrogen functional groups attached to an aromatic ring is 1. The van der Waals surface area contributed by atoms with Gasteiger partial charge in [-0.2, -0.15) is 5.10 Å². The third-order valence-electron chi connectivity index (χ3n) is 7.46. The van der Waals surface area contributed by atoms with Gasteiger partial charge in [-0.25, -0.2) is 18.7 Å². The first-order valence-electron chi connectivity index (χ1n) is 11.6. The van der Waals surface area contributed by atoms with Gasteiger partial charge in [0.2, 0.25) is 0 Å². The SMILES string of the molecule is CC(C)c1nc(-c2ccc(F)c3sc(N)nc23)c(F)c2c1c(C1C3CNC[C@@H]31)nn2C1CC1. The van der Waals surface area contributed by atoms with Crippen molar-refractivity contribution in [1.29, 1.82) is 0 Å². The molecule has 4 heterocycles. The maximum Gasteiger partial charge on any atom is 0.181 e. The molecule has 170 valence electrons. The zero-order valence-corrected chi connectivity index (χ0v) is 19.2. The molecule has 7 rings (SSSR count). The van der Waals surface area contributed by atoms with Crippen LogP contribution in [-0.2, 0) is 0 Å². The Morgan fingerprint density at radius 3 is 2.61 bits per heavy atom. The van der Waals surface area contributed by atoms with Gasteiger partial charge >= 0.3 is 0 Å². The standard InChI is InChI=1S/C24H24F2N6S/c1-9(2)18-16-21(15-12-7-28-8-13(12)15)31-32(10-3-4-10)22(16)17(26)19(29-18)11-5-6-14(25)23-20(11)30-24(27)33-23/h5-6,9-10,12-13,15,28H,3-4,7-8H2,1-2H3,(H2,27,30)/t12-,13?,15?/m0/s1. The van der Waals surface area contributed by atoms with Crippen molar-refractivity contribution in [1.82, 2.24) is 25.1 Å². The van der Waals surface area contributed by atoms with Crippen LogP contribution in [0.15, 0.2) is 12.1 Å². The number of nitrogens with two attached hydrogens (primary N) is 1. The number of pyridine rings is 1. The first-order chi connectivity index (χ1) is 15.9. The molecule has 0 amide bonds. The first kappa shape index (κ1) is 19.8. The third kappa shape index (κ3) is 2.75. The first-order valence-corrected chi connectivity index (χ1v) is 12.4. The van der Waals surface area contributed by atoms with E-state index >= 15 is 4.39 Å². The van der Waals surface area contributed by atoms with Gasteiger partial charge in [-0.05, 0) is 55.8 Å². The molecule has 1 aromatic carbocycles. The lowest BCUT2D eigenvalue weighted by Gasteiger charge is -2.14. The van der Waals surface area contributed by atoms with Crippen LogP contribution >= 0.6 is 11.3 Å². The monoisotopic (exact) mass is 466 g/mol. The molecule has 0 bridgehead atoms. The maximum atomic E-state index is 16.4. The zero-order valence-electron chi connectivity index (χ0n) is 18.4. The Morgan fingerprint density at radius 2 is 1.91 bits per heavy atom. The van der Waals surface area contributed by atoms with Crippen molar-refractivity contribution in [2.75, 3.05) is 18.8 Å². The molecule has 2 unspecified atom stereocenters. The van der Waals surface area contributed by atoms with Gasteiger partial charge in [0, 0.05) is 16.9 Å². The Hall–Kier alpha value is -2.65. The summed E-state index contributed by atoms with van der Waals surface area (Å²) in [5, 5.41) is 9.61. The lowest BCUT2D eigenvalue weighted by atomic mass is 9.98. The molecule has 3 atom stereocenters. The van der Waals surface area contributed by atoms with Crippen molar-refractivity contribution in [3.63, 3.8) is 0 Å². The lowest BCUT2D eigenvalue weighted by molar-refractivity contribution is 0.593. The van der Waals surface area contributed by atoms with Gasteiger partial charge in [0.25, 0.3) is 0 Å². The van der Waals surface area contributed by atoms with Crippen LogP contribution in [0.2, 0.25) is 0 Å². The second-order valence-electron chi connectivity index (χ2n) is 9.94. The second kappa shape index (κ2) is 6.70. The fourth-order valence-corrected chi connectivity index (χ4v) is 6.44. The molecule has 3 fully saturated rings. The summed E-state index contributed by atoms with van der Waals surface area (Å²) in [7, 11) is 0. The molecule has 9 heteroatoms. The molecular formula is C24H24F2N6S. The number of hydrogen-bond donors (Lipinski definition) is 2. The van der Waals surface area contributed by atoms with Crippen LogP contribution in [0.1, 0.15) is 56.0 Å². The van der Waals surface area contributed by atoms with Crippen molar-refractivity contribution in [3.8, 4) is 11.3 Å². The summed E-state index contributed by atoms with van der Waals surface area (Å²) < 4.78 is 33.0. The summed E-state index contributed by atoms with van der Waals surface area (Å²) >= 11 is 1.07. The number of aromatic nitrogens is 4. The molecule has 4 aromatic rings. The maximum absolute atomic E-state index is 16.4. The normalized spacial score (nSPS) is 24.3. The van der Waals surface area contributed by atoms with Gasteiger partial charge in [-0.1, -0.05) is 25.2 Å². The molecular weight excluding hydrogens is 442 g/mol. The van der Waals surface area contributed by atoms with E-state index in [1.165, 1.54) is 6.07 Å². The molecule has 0 radical (unpaired) electrons. The highest BCUT2D eigenvalue weighted by Gasteiger charge is 2.56. The Kier molecular flexibility index (Phi) is 4.02. The summed E-state index contributed by atoms with van der Waals surface area (Å²) in [4.78, 5) is 9.19. The Morgan fingerprint density at radius 1 is 1.15 bits per heavy atom. The van der Waals surface area contributed by atoms with E-state index in [-0.39, 0.29) is 22.8 Å². The summed E-state index contributed by atoms with van der Waals surface area (Å²) in [5.74, 6) is 0.794. The number of nitrogens with zero attached hydrogens (tertiary/aromatic N) is 4. The quantitative estimate of drug-likeness (QED) is 0.444. The number of hydrogen-bond acceptors (Lipinski definition) is 6. The lowest BCUT2D eigenvalue weighted by Crippen LogP contribution is -2.14. The molecule has 3 N–H and O–H groups in total. The van der Waals surface area contributed by atoms with Crippen LogP contribution in [0.25, 0.3) is 32.4 Å². The van der Waals surface area contributed by atoms with E-state index in [4.69, 9.17) is 15.8 Å². The topological polar surface area (TPSA) is 81.7 Å². The van der Waals surface area contributed by atoms with Crippen molar-refractivity contribution >= 4 is 37.6 Å². The summed E-state index contributed by atoms with van der Waals surface area (Å²) in [5.41, 5.74) is 9.31. The van der Waals surface area contributed by atoms with Crippen LogP contribution in [-0.4, -0.2) is 32.8 Å². The Balaban J connectivity index is 1.53. The highest BCUT2D eigenvalue weighted by atomic mass is 32.1. The van der Waals surface area contributed by atoms with E-state index in [0.29, 0.717) is 39.1 Å². The van der Waals surface area contributed by atoms with Crippen LogP contribution in [0.5, 0.6) is 0 Å². The predicted octanol–water partition coefficient (Wildman–Crippen LogP) is 4.96. The van der Waals surface area contributed by atoms with Crippen molar-refractivity contribution in [2.24, 2.45) is 11.8 Å². The molecule has 1 aliphatic heterocycles. The number of halogens is 2. The van der Waals surface area contributed by atoms with Gasteiger partial charge < -0.3 is 11.1 Å². The molecule has 3 aliphatic rings. The van der Waals surface area contributed by atoms with E-state index in [1.54, 1.807) is 6.07 Å². The van der Waals surface area contributed by atoms with E-state index in [0.717, 1.165) is 54.0 Å². The molecule has 0 spiro atoms. The van der Waals surface area contributed by atoms with Crippen LogP contribution in [0.4, 0.5) is 13.9 Å². The van der Waals surface area contributed by atoms with Gasteiger partial charge in [0.05, 0.1) is 27.6 Å². The number of anilines is 1. The third-order valence-corrected chi connectivity index (χ3v) is 8.35. The number of rotatable bonds is 4. The number of fused-ring (bicyclic) bond motifs is 3. The fraction of sp³-hybridized carbons (Fsp3) is 0.458. The molecule has 2 saturated carbocycles. The van der Waals surface area contributed by atoms with Crippen molar-refractivity contribution in [2.45, 2.75) is 44.6 Å². The van der Waals surface area contributed by atoms with E-state index < -0.39 is 11.6 Å².